The Kier molecular flexibility index (Phi) is 10.7. The van der Waals surface area contributed by atoms with E-state index in [-0.39, 0.29) is 34.2 Å². The van der Waals surface area contributed by atoms with Gasteiger partial charge in [0.05, 0.1) is 31.3 Å². The zero-order chi connectivity index (χ0) is 37.2. The van der Waals surface area contributed by atoms with E-state index in [1.54, 1.807) is 60.0 Å². The zero-order valence-corrected chi connectivity index (χ0v) is 28.2. The molecular formula is C34H27F5N2O8S2. The lowest BCUT2D eigenvalue weighted by atomic mass is 10.0. The average molecular weight is 751 g/mol. The molecule has 51 heavy (non-hydrogen) atoms. The Hall–Kier alpha value is -5.00. The molecule has 5 aromatic rings. The highest BCUT2D eigenvalue weighted by Gasteiger charge is 2.35. The lowest BCUT2D eigenvalue weighted by Crippen LogP contribution is -2.40. The molecule has 268 valence electrons. The molecular weight excluding hydrogens is 724 g/mol. The van der Waals surface area contributed by atoms with E-state index < -0.39 is 92.0 Å². The number of nitrogens with zero attached hydrogens (tertiary/aromatic N) is 2. The van der Waals surface area contributed by atoms with Crippen LogP contribution >= 0.6 is 0 Å². The van der Waals surface area contributed by atoms with E-state index in [2.05, 4.69) is 4.74 Å². The van der Waals surface area contributed by atoms with Gasteiger partial charge in [0.25, 0.3) is 15.9 Å². The monoisotopic (exact) mass is 750 g/mol. The van der Waals surface area contributed by atoms with Crippen LogP contribution in [0.3, 0.4) is 0 Å². The number of ether oxygens (including phenoxy) is 1. The van der Waals surface area contributed by atoms with Crippen LogP contribution in [0, 0.1) is 36.0 Å². The van der Waals surface area contributed by atoms with Crippen LogP contribution < -0.4 is 9.30 Å². The van der Waals surface area contributed by atoms with Gasteiger partial charge in [-0.25, -0.2) is 34.3 Å². The first-order valence-electron chi connectivity index (χ1n) is 15.2. The van der Waals surface area contributed by atoms with Gasteiger partial charge in [0, 0.05) is 37.3 Å². The summed E-state index contributed by atoms with van der Waals surface area (Å²) < 4.78 is 138. The zero-order valence-electron chi connectivity index (χ0n) is 26.5. The largest absolute Gasteiger partial charge is 0.748 e. The summed E-state index contributed by atoms with van der Waals surface area (Å²) in [6.07, 6.45) is -1.38. The second-order valence-corrected chi connectivity index (χ2v) is 14.7. The molecule has 0 saturated carbocycles. The van der Waals surface area contributed by atoms with Crippen LogP contribution in [0.5, 0.6) is 5.75 Å². The number of carbonyl (C=O) groups is 2. The Bertz CT molecular complexity index is 2320. The summed E-state index contributed by atoms with van der Waals surface area (Å²) in [5.41, 5.74) is 1.44. The predicted molar refractivity (Wildman–Crippen MR) is 171 cm³/mol. The summed E-state index contributed by atoms with van der Waals surface area (Å²) >= 11 is 0. The number of hydrogen-bond donors (Lipinski definition) is 0. The van der Waals surface area contributed by atoms with E-state index in [1.165, 1.54) is 24.3 Å². The van der Waals surface area contributed by atoms with Gasteiger partial charge in [-0.15, -0.1) is 0 Å². The molecule has 10 nitrogen and oxygen atoms in total. The number of aryl methyl sites for hydroxylation is 2. The van der Waals surface area contributed by atoms with Crippen molar-refractivity contribution in [2.45, 2.75) is 37.6 Å². The molecule has 0 aliphatic rings. The summed E-state index contributed by atoms with van der Waals surface area (Å²) in [6.45, 7) is 1.06. The van der Waals surface area contributed by atoms with E-state index in [0.717, 1.165) is 0 Å². The highest BCUT2D eigenvalue weighted by Crippen LogP contribution is 2.31. The Morgan fingerprint density at radius 3 is 1.78 bits per heavy atom. The molecule has 0 radical (unpaired) electrons. The van der Waals surface area contributed by atoms with Gasteiger partial charge in [-0.05, 0) is 37.6 Å². The number of hydrogen-bond acceptors (Lipinski definition) is 8. The minimum atomic E-state index is -4.67. The Morgan fingerprint density at radius 1 is 0.745 bits per heavy atom. The number of aromatic nitrogens is 1. The molecule has 0 fully saturated rings. The number of fused-ring (bicyclic) bond motifs is 2. The molecule has 0 aliphatic carbocycles. The van der Waals surface area contributed by atoms with Gasteiger partial charge >= 0.3 is 5.97 Å². The van der Waals surface area contributed by atoms with Crippen molar-refractivity contribution in [3.63, 3.8) is 0 Å². The molecule has 1 aromatic heterocycles. The Balaban J connectivity index is 1.55. The summed E-state index contributed by atoms with van der Waals surface area (Å²) in [5.74, 6) is -16.9. The maximum Gasteiger partial charge on any atom is 0.311 e. The molecule has 4 aromatic carbocycles. The highest BCUT2D eigenvalue weighted by atomic mass is 32.2. The van der Waals surface area contributed by atoms with Crippen molar-refractivity contribution in [3.05, 3.63) is 113 Å². The fourth-order valence-electron chi connectivity index (χ4n) is 5.49. The summed E-state index contributed by atoms with van der Waals surface area (Å²) in [6, 6.07) is 18.3. The van der Waals surface area contributed by atoms with E-state index >= 15 is 0 Å². The lowest BCUT2D eigenvalue weighted by molar-refractivity contribution is -0.645. The minimum absolute atomic E-state index is 0.0491. The van der Waals surface area contributed by atoms with Gasteiger partial charge in [0.2, 0.25) is 45.9 Å². The van der Waals surface area contributed by atoms with Crippen LogP contribution in [0.1, 0.15) is 35.2 Å². The number of rotatable bonds is 12. The van der Waals surface area contributed by atoms with Crippen molar-refractivity contribution in [2.24, 2.45) is 0 Å². The minimum Gasteiger partial charge on any atom is -0.748 e. The number of esters is 1. The summed E-state index contributed by atoms with van der Waals surface area (Å²) in [4.78, 5) is 26.8. The van der Waals surface area contributed by atoms with Crippen molar-refractivity contribution >= 4 is 53.8 Å². The second-order valence-electron chi connectivity index (χ2n) is 11.3. The molecule has 0 bridgehead atoms. The predicted octanol–water partition coefficient (Wildman–Crippen LogP) is 5.44. The van der Waals surface area contributed by atoms with Crippen molar-refractivity contribution < 1.29 is 62.2 Å². The van der Waals surface area contributed by atoms with Crippen molar-refractivity contribution in [1.29, 1.82) is 0 Å². The molecule has 5 rings (SSSR count). The van der Waals surface area contributed by atoms with Crippen molar-refractivity contribution in [1.82, 2.24) is 4.31 Å². The number of para-hydroxylation sites is 2. The number of halogens is 5. The fraction of sp³-hybridized carbons (Fsp3) is 0.206. The third kappa shape index (κ3) is 7.69. The van der Waals surface area contributed by atoms with Crippen LogP contribution in [0.4, 0.5) is 22.0 Å². The van der Waals surface area contributed by atoms with Gasteiger partial charge in [-0.3, -0.25) is 9.59 Å². The molecule has 0 unspecified atom stereocenters. The molecule has 0 saturated heterocycles. The van der Waals surface area contributed by atoms with Crippen LogP contribution in [-0.2, 0) is 31.5 Å². The maximum absolute atomic E-state index is 14.6. The number of pyridine rings is 1. The molecule has 1 heterocycles. The van der Waals surface area contributed by atoms with E-state index in [0.29, 0.717) is 20.9 Å². The number of amides is 1. The third-order valence-corrected chi connectivity index (χ3v) is 10.5. The number of benzene rings is 4. The molecule has 1 amide bonds. The number of carbonyl (C=O) groups excluding carboxylic acids is 2. The molecule has 0 spiro atoms. The van der Waals surface area contributed by atoms with Crippen LogP contribution in [0.2, 0.25) is 0 Å². The number of sulfonamides is 1. The fourth-order valence-corrected chi connectivity index (χ4v) is 7.38. The summed E-state index contributed by atoms with van der Waals surface area (Å²) in [7, 11) is -9.20. The van der Waals surface area contributed by atoms with Crippen LogP contribution in [-0.4, -0.2) is 49.9 Å². The Morgan fingerprint density at radius 2 is 1.25 bits per heavy atom. The smallest absolute Gasteiger partial charge is 0.311 e. The SMILES string of the molecule is Cc1ccc(S(=O)(=O)N(CCCC(=O)Oc2c(F)c(F)c(F)c(F)c2F)C(=O)c2c3ccccc3[n+](CCCS(=O)(=O)[O-])c3ccccc23)cc1. The normalized spacial score (nSPS) is 12.0. The van der Waals surface area contributed by atoms with Gasteiger partial charge in [-0.1, -0.05) is 42.0 Å². The van der Waals surface area contributed by atoms with Gasteiger partial charge in [-0.2, -0.15) is 13.3 Å². The third-order valence-electron chi connectivity index (χ3n) is 7.88. The summed E-state index contributed by atoms with van der Waals surface area (Å²) in [5, 5.41) is 0.530. The van der Waals surface area contributed by atoms with Crippen molar-refractivity contribution in [3.8, 4) is 5.75 Å². The van der Waals surface area contributed by atoms with Gasteiger partial charge < -0.3 is 9.29 Å². The van der Waals surface area contributed by atoms with Crippen LogP contribution in [0.15, 0.2) is 77.7 Å². The topological polar surface area (TPSA) is 142 Å². The first-order valence-corrected chi connectivity index (χ1v) is 18.2. The first-order chi connectivity index (χ1) is 24.0. The van der Waals surface area contributed by atoms with Gasteiger partial charge in [0.15, 0.2) is 6.54 Å². The molecule has 0 atom stereocenters. The van der Waals surface area contributed by atoms with E-state index in [9.17, 15) is 52.9 Å². The van der Waals surface area contributed by atoms with Gasteiger partial charge in [0.1, 0.15) is 0 Å². The Labute approximate surface area is 288 Å². The van der Waals surface area contributed by atoms with Crippen LogP contribution in [0.25, 0.3) is 21.8 Å². The molecule has 0 N–H and O–H groups in total. The molecule has 17 heteroatoms. The van der Waals surface area contributed by atoms with E-state index in [1.807, 2.05) is 0 Å². The second kappa shape index (κ2) is 14.7. The lowest BCUT2D eigenvalue weighted by Gasteiger charge is -2.24. The standard InChI is InChI=1S/C34H27F5N2O8S2/c1-20-13-15-21(16-14-20)51(47,48)41(18-6-12-26(42)49-33-31(38)29(36)28(35)30(37)32(33)39)34(43)27-22-8-2-4-10-24(22)40(17-7-19-50(44,45)46)25-11-5-3-9-23(25)27/h2-5,8-11,13-16H,6-7,12,17-19H2,1H3. The average Bonchev–Trinajstić information content (AvgIpc) is 3.09. The quantitative estimate of drug-likeness (QED) is 0.0240. The van der Waals surface area contributed by atoms with E-state index in [4.69, 9.17) is 0 Å². The molecule has 0 aliphatic heterocycles. The maximum atomic E-state index is 14.6. The first kappa shape index (κ1) is 37.3. The van der Waals surface area contributed by atoms with Crippen molar-refractivity contribution in [2.75, 3.05) is 12.3 Å². The highest BCUT2D eigenvalue weighted by molar-refractivity contribution is 7.89.